The van der Waals surface area contributed by atoms with Crippen molar-refractivity contribution in [3.8, 4) is 0 Å². The summed E-state index contributed by atoms with van der Waals surface area (Å²) in [7, 11) is 0. The minimum atomic E-state index is -1.15. The van der Waals surface area contributed by atoms with E-state index in [0.29, 0.717) is 12.2 Å². The first-order valence-corrected chi connectivity index (χ1v) is 7.93. The monoisotopic (exact) mass is 320 g/mol. The summed E-state index contributed by atoms with van der Waals surface area (Å²) in [5.74, 6) is -0.765. The van der Waals surface area contributed by atoms with Gasteiger partial charge < -0.3 is 18.9 Å². The summed E-state index contributed by atoms with van der Waals surface area (Å²) >= 11 is 0. The van der Waals surface area contributed by atoms with Gasteiger partial charge in [-0.25, -0.2) is 4.39 Å². The lowest BCUT2D eigenvalue weighted by Gasteiger charge is -2.33. The number of alkyl halides is 1. The Kier molecular flexibility index (Phi) is 3.39. The third kappa shape index (κ3) is 2.34. The van der Waals surface area contributed by atoms with Gasteiger partial charge in [-0.15, -0.1) is 0 Å². The first kappa shape index (κ1) is 15.3. The Morgan fingerprint density at radius 2 is 2.00 bits per heavy atom. The molecule has 0 bridgehead atoms. The zero-order valence-corrected chi connectivity index (χ0v) is 13.3. The predicted octanol–water partition coefficient (Wildman–Crippen LogP) is 3.12. The molecule has 1 aliphatic carbocycles. The highest BCUT2D eigenvalue weighted by atomic mass is 19.1. The van der Waals surface area contributed by atoms with Crippen LogP contribution in [-0.2, 0) is 25.6 Å². The van der Waals surface area contributed by atoms with Crippen LogP contribution in [0, 0.1) is 0 Å². The molecule has 0 amide bonds. The molecule has 2 heterocycles. The summed E-state index contributed by atoms with van der Waals surface area (Å²) in [6, 6.07) is 9.80. The van der Waals surface area contributed by atoms with E-state index >= 15 is 0 Å². The second kappa shape index (κ2) is 5.11. The second-order valence-corrected chi connectivity index (χ2v) is 6.92. The van der Waals surface area contributed by atoms with E-state index in [4.69, 9.17) is 18.9 Å². The number of ether oxygens (including phenoxy) is 4. The Morgan fingerprint density at radius 1 is 1.26 bits per heavy atom. The first-order chi connectivity index (χ1) is 10.9. The maximum atomic E-state index is 14.3. The average Bonchev–Trinajstić information content (AvgIpc) is 3.05. The molecule has 1 unspecified atom stereocenters. The van der Waals surface area contributed by atoms with Gasteiger partial charge in [0.05, 0.1) is 6.61 Å². The van der Waals surface area contributed by atoms with E-state index in [1.807, 2.05) is 44.2 Å². The molecule has 124 valence electrons. The van der Waals surface area contributed by atoms with Gasteiger partial charge in [-0.3, -0.25) is 0 Å². The molecule has 1 aromatic rings. The SMILES string of the molecule is C=C1[C@H](F)C[C@]2(OCc3ccccc3)C3OC(C)(C)O[C@H]3O[C@H]12. The number of hydrogen-bond acceptors (Lipinski definition) is 4. The lowest BCUT2D eigenvalue weighted by atomic mass is 9.93. The molecule has 4 rings (SSSR count). The van der Waals surface area contributed by atoms with Crippen molar-refractivity contribution in [2.75, 3.05) is 0 Å². The van der Waals surface area contributed by atoms with Gasteiger partial charge in [-0.1, -0.05) is 36.9 Å². The topological polar surface area (TPSA) is 36.9 Å². The first-order valence-electron chi connectivity index (χ1n) is 7.93. The van der Waals surface area contributed by atoms with Gasteiger partial charge in [0.25, 0.3) is 0 Å². The number of benzene rings is 1. The van der Waals surface area contributed by atoms with Crippen LogP contribution in [0.3, 0.4) is 0 Å². The molecule has 0 radical (unpaired) electrons. The highest BCUT2D eigenvalue weighted by molar-refractivity contribution is 5.30. The Morgan fingerprint density at radius 3 is 2.74 bits per heavy atom. The smallest absolute Gasteiger partial charge is 0.190 e. The van der Waals surface area contributed by atoms with E-state index in [0.717, 1.165) is 5.56 Å². The van der Waals surface area contributed by atoms with Crippen molar-refractivity contribution in [3.63, 3.8) is 0 Å². The lowest BCUT2D eigenvalue weighted by molar-refractivity contribution is -0.229. The van der Waals surface area contributed by atoms with Gasteiger partial charge >= 0.3 is 0 Å². The molecule has 2 saturated heterocycles. The van der Waals surface area contributed by atoms with Crippen LogP contribution >= 0.6 is 0 Å². The number of fused-ring (bicyclic) bond motifs is 3. The van der Waals surface area contributed by atoms with Crippen LogP contribution in [0.2, 0.25) is 0 Å². The predicted molar refractivity (Wildman–Crippen MR) is 81.3 cm³/mol. The van der Waals surface area contributed by atoms with E-state index in [-0.39, 0.29) is 6.42 Å². The van der Waals surface area contributed by atoms with Crippen molar-refractivity contribution >= 4 is 0 Å². The lowest BCUT2D eigenvalue weighted by Crippen LogP contribution is -2.48. The van der Waals surface area contributed by atoms with Gasteiger partial charge in [-0.05, 0) is 25.0 Å². The minimum Gasteiger partial charge on any atom is -0.364 e. The van der Waals surface area contributed by atoms with Crippen LogP contribution in [0.15, 0.2) is 42.5 Å². The molecular weight excluding hydrogens is 299 g/mol. The summed E-state index contributed by atoms with van der Waals surface area (Å²) in [5.41, 5.74) is 0.553. The molecule has 5 heteroatoms. The third-order valence-corrected chi connectivity index (χ3v) is 4.84. The van der Waals surface area contributed by atoms with E-state index in [1.54, 1.807) is 0 Å². The largest absolute Gasteiger partial charge is 0.364 e. The molecule has 2 aliphatic heterocycles. The summed E-state index contributed by atoms with van der Waals surface area (Å²) in [5, 5.41) is 0. The van der Waals surface area contributed by atoms with Crippen molar-refractivity contribution in [1.29, 1.82) is 0 Å². The van der Waals surface area contributed by atoms with E-state index in [9.17, 15) is 4.39 Å². The van der Waals surface area contributed by atoms with E-state index in [2.05, 4.69) is 6.58 Å². The maximum Gasteiger partial charge on any atom is 0.190 e. The van der Waals surface area contributed by atoms with Gasteiger partial charge in [0.15, 0.2) is 12.1 Å². The zero-order chi connectivity index (χ0) is 16.2. The van der Waals surface area contributed by atoms with E-state index in [1.165, 1.54) is 0 Å². The second-order valence-electron chi connectivity index (χ2n) is 6.92. The van der Waals surface area contributed by atoms with Crippen molar-refractivity contribution in [2.45, 2.75) is 62.9 Å². The molecule has 3 fully saturated rings. The molecular formula is C18H21FO4. The van der Waals surface area contributed by atoms with Crippen LogP contribution in [0.1, 0.15) is 25.8 Å². The Bertz CT molecular complexity index is 617. The summed E-state index contributed by atoms with van der Waals surface area (Å²) < 4.78 is 38.2. The molecule has 0 aromatic heterocycles. The van der Waals surface area contributed by atoms with Crippen LogP contribution < -0.4 is 0 Å². The molecule has 23 heavy (non-hydrogen) atoms. The van der Waals surface area contributed by atoms with Gasteiger partial charge in [0.2, 0.25) is 0 Å². The fraction of sp³-hybridized carbons (Fsp3) is 0.556. The maximum absolute atomic E-state index is 14.3. The summed E-state index contributed by atoms with van der Waals surface area (Å²) in [6.07, 6.45) is -2.50. The number of rotatable bonds is 3. The molecule has 1 aromatic carbocycles. The van der Waals surface area contributed by atoms with Crippen LogP contribution in [0.4, 0.5) is 4.39 Å². The zero-order valence-electron chi connectivity index (χ0n) is 13.3. The van der Waals surface area contributed by atoms with E-state index < -0.39 is 36.1 Å². The highest BCUT2D eigenvalue weighted by Crippen LogP contribution is 2.54. The number of hydrogen-bond donors (Lipinski definition) is 0. The average molecular weight is 320 g/mol. The third-order valence-electron chi connectivity index (χ3n) is 4.84. The standard InChI is InChI=1S/C18H21FO4/c1-11-13(19)9-18(20-10-12-7-5-4-6-8-12)14(11)21-16-15(18)22-17(2,3)23-16/h4-8,13-16H,1,9-10H2,2-3H3/t13-,14-,15?,16-,18-/m1/s1. The van der Waals surface area contributed by atoms with Crippen LogP contribution in [-0.4, -0.2) is 36.1 Å². The van der Waals surface area contributed by atoms with Crippen molar-refractivity contribution < 1.29 is 23.3 Å². The Hall–Kier alpha value is -1.27. The fourth-order valence-corrected chi connectivity index (χ4v) is 3.77. The van der Waals surface area contributed by atoms with Crippen molar-refractivity contribution in [1.82, 2.24) is 0 Å². The minimum absolute atomic E-state index is 0.184. The molecule has 0 N–H and O–H groups in total. The summed E-state index contributed by atoms with van der Waals surface area (Å²) in [6.45, 7) is 7.87. The van der Waals surface area contributed by atoms with Crippen LogP contribution in [0.5, 0.6) is 0 Å². The van der Waals surface area contributed by atoms with Gasteiger partial charge in [0, 0.05) is 6.42 Å². The fourth-order valence-electron chi connectivity index (χ4n) is 3.77. The number of halogens is 1. The normalized spacial score (nSPS) is 41.1. The molecule has 3 aliphatic rings. The van der Waals surface area contributed by atoms with Gasteiger partial charge in [-0.2, -0.15) is 0 Å². The quantitative estimate of drug-likeness (QED) is 0.802. The Balaban J connectivity index is 1.62. The molecule has 0 spiro atoms. The molecule has 4 nitrogen and oxygen atoms in total. The molecule has 1 saturated carbocycles. The summed E-state index contributed by atoms with van der Waals surface area (Å²) in [4.78, 5) is 0. The van der Waals surface area contributed by atoms with Crippen molar-refractivity contribution in [3.05, 3.63) is 48.0 Å². The Labute approximate surface area is 135 Å². The van der Waals surface area contributed by atoms with Crippen LogP contribution in [0.25, 0.3) is 0 Å². The van der Waals surface area contributed by atoms with Gasteiger partial charge in [0.1, 0.15) is 24.0 Å². The highest BCUT2D eigenvalue weighted by Gasteiger charge is 2.69. The van der Waals surface area contributed by atoms with Crippen molar-refractivity contribution in [2.24, 2.45) is 0 Å². The molecule has 5 atom stereocenters.